The van der Waals surface area contributed by atoms with Crippen molar-refractivity contribution in [3.05, 3.63) is 107 Å². The maximum Gasteiger partial charge on any atom is 0.292 e. The van der Waals surface area contributed by atoms with Gasteiger partial charge in [-0.3, -0.25) is 9.59 Å². The van der Waals surface area contributed by atoms with Crippen LogP contribution < -0.4 is 10.7 Å². The van der Waals surface area contributed by atoms with Crippen molar-refractivity contribution in [1.82, 2.24) is 10.4 Å². The Kier molecular flexibility index (Phi) is 6.45. The number of aromatic nitrogens is 1. The fraction of sp³-hybridized carbons (Fsp3) is 0.172. The number of anilines is 1. The molecule has 36 heavy (non-hydrogen) atoms. The summed E-state index contributed by atoms with van der Waals surface area (Å²) in [6.07, 6.45) is 3.90. The molecule has 180 valence electrons. The summed E-state index contributed by atoms with van der Waals surface area (Å²) in [5, 5.41) is 7.21. The normalized spacial score (nSPS) is 13.8. The van der Waals surface area contributed by atoms with Crippen LogP contribution in [0.4, 0.5) is 5.82 Å². The standard InChI is InChI=1S/C29H26N4O3/c1-18-11-16-25(30-17-18)31-29(35)27-19(2)26-23(9-6-10-24(26)36-27)32-33-28(34)22-14-12-21(13-15-22)20-7-4-3-5-8-20/h3-5,7-8,11-17H,6,9-10H2,1-2H3,(H,33,34)(H,30,31,35)/b32-23+. The summed E-state index contributed by atoms with van der Waals surface area (Å²) in [6, 6.07) is 21.0. The van der Waals surface area contributed by atoms with E-state index in [0.717, 1.165) is 28.7 Å². The van der Waals surface area contributed by atoms with Crippen molar-refractivity contribution in [2.45, 2.75) is 33.1 Å². The van der Waals surface area contributed by atoms with Crippen LogP contribution in [-0.2, 0) is 6.42 Å². The Morgan fingerprint density at radius 2 is 1.64 bits per heavy atom. The minimum atomic E-state index is -0.361. The second kappa shape index (κ2) is 10.00. The van der Waals surface area contributed by atoms with Crippen LogP contribution in [0.25, 0.3) is 11.1 Å². The van der Waals surface area contributed by atoms with Gasteiger partial charge in [-0.1, -0.05) is 48.5 Å². The first kappa shape index (κ1) is 23.2. The molecule has 2 heterocycles. The number of amides is 2. The summed E-state index contributed by atoms with van der Waals surface area (Å²) < 4.78 is 5.94. The van der Waals surface area contributed by atoms with Gasteiger partial charge in [-0.05, 0) is 61.6 Å². The maximum atomic E-state index is 12.9. The van der Waals surface area contributed by atoms with Crippen molar-refractivity contribution in [2.75, 3.05) is 5.32 Å². The largest absolute Gasteiger partial charge is 0.455 e. The summed E-state index contributed by atoms with van der Waals surface area (Å²) in [5.41, 5.74) is 8.54. The van der Waals surface area contributed by atoms with E-state index >= 15 is 0 Å². The van der Waals surface area contributed by atoms with Gasteiger partial charge in [0.25, 0.3) is 11.8 Å². The van der Waals surface area contributed by atoms with Crippen LogP contribution in [0.1, 0.15) is 56.2 Å². The lowest BCUT2D eigenvalue weighted by Crippen LogP contribution is -2.22. The Morgan fingerprint density at radius 1 is 0.889 bits per heavy atom. The lowest BCUT2D eigenvalue weighted by atomic mass is 9.93. The van der Waals surface area contributed by atoms with Crippen molar-refractivity contribution < 1.29 is 14.0 Å². The lowest BCUT2D eigenvalue weighted by molar-refractivity contribution is 0.0953. The minimum absolute atomic E-state index is 0.236. The number of hydrazone groups is 1. The Labute approximate surface area is 209 Å². The summed E-state index contributed by atoms with van der Waals surface area (Å²) in [4.78, 5) is 29.9. The van der Waals surface area contributed by atoms with E-state index in [-0.39, 0.29) is 17.6 Å². The molecular weight excluding hydrogens is 452 g/mol. The number of aryl methyl sites for hydroxylation is 2. The van der Waals surface area contributed by atoms with Crippen LogP contribution >= 0.6 is 0 Å². The highest BCUT2D eigenvalue weighted by Gasteiger charge is 2.28. The van der Waals surface area contributed by atoms with Gasteiger partial charge in [0.1, 0.15) is 11.6 Å². The van der Waals surface area contributed by atoms with Gasteiger partial charge in [0.15, 0.2) is 5.76 Å². The Balaban J connectivity index is 1.32. The second-order valence-corrected chi connectivity index (χ2v) is 8.83. The monoisotopic (exact) mass is 478 g/mol. The number of carbonyl (C=O) groups is 2. The van der Waals surface area contributed by atoms with E-state index in [0.29, 0.717) is 41.3 Å². The third kappa shape index (κ3) is 4.81. The SMILES string of the molecule is Cc1ccc(NC(=O)c2oc3c(c2C)/C(=N/NC(=O)c2ccc(-c4ccccc4)cc2)CCC3)nc1. The first-order chi connectivity index (χ1) is 17.5. The Morgan fingerprint density at radius 3 is 2.36 bits per heavy atom. The third-order valence-corrected chi connectivity index (χ3v) is 6.23. The number of hydrogen-bond donors (Lipinski definition) is 2. The zero-order chi connectivity index (χ0) is 25.1. The van der Waals surface area contributed by atoms with Gasteiger partial charge in [-0.25, -0.2) is 10.4 Å². The molecule has 0 saturated carbocycles. The smallest absolute Gasteiger partial charge is 0.292 e. The van der Waals surface area contributed by atoms with Crippen LogP contribution in [-0.4, -0.2) is 22.5 Å². The lowest BCUT2D eigenvalue weighted by Gasteiger charge is -2.13. The molecule has 2 aromatic carbocycles. The van der Waals surface area contributed by atoms with Crippen LogP contribution in [0.3, 0.4) is 0 Å². The highest BCUT2D eigenvalue weighted by atomic mass is 16.4. The maximum absolute atomic E-state index is 12.9. The van der Waals surface area contributed by atoms with Crippen molar-refractivity contribution in [3.8, 4) is 11.1 Å². The van der Waals surface area contributed by atoms with Gasteiger partial charge in [0.05, 0.1) is 5.71 Å². The molecule has 1 aliphatic rings. The summed E-state index contributed by atoms with van der Waals surface area (Å²) in [7, 11) is 0. The number of pyridine rings is 1. The van der Waals surface area contributed by atoms with E-state index in [9.17, 15) is 9.59 Å². The first-order valence-corrected chi connectivity index (χ1v) is 11.9. The summed E-state index contributed by atoms with van der Waals surface area (Å²) in [5.74, 6) is 0.749. The average Bonchev–Trinajstić information content (AvgIpc) is 3.26. The van der Waals surface area contributed by atoms with Crippen molar-refractivity contribution in [2.24, 2.45) is 5.10 Å². The number of hydrogen-bond acceptors (Lipinski definition) is 5. The number of carbonyl (C=O) groups excluding carboxylic acids is 2. The fourth-order valence-corrected chi connectivity index (χ4v) is 4.34. The number of fused-ring (bicyclic) bond motifs is 1. The molecule has 4 aromatic rings. The number of nitrogens with one attached hydrogen (secondary N) is 2. The molecular formula is C29H26N4O3. The van der Waals surface area contributed by atoms with Crippen molar-refractivity contribution in [3.63, 3.8) is 0 Å². The average molecular weight is 479 g/mol. The van der Waals surface area contributed by atoms with Gasteiger partial charge < -0.3 is 9.73 Å². The molecule has 0 aliphatic heterocycles. The fourth-order valence-electron chi connectivity index (χ4n) is 4.34. The summed E-state index contributed by atoms with van der Waals surface area (Å²) >= 11 is 0. The zero-order valence-corrected chi connectivity index (χ0v) is 20.2. The number of rotatable bonds is 5. The van der Waals surface area contributed by atoms with E-state index in [1.54, 1.807) is 24.4 Å². The quantitative estimate of drug-likeness (QED) is 0.361. The van der Waals surface area contributed by atoms with Gasteiger partial charge in [-0.2, -0.15) is 5.10 Å². The molecule has 2 aromatic heterocycles. The van der Waals surface area contributed by atoms with Crippen molar-refractivity contribution in [1.29, 1.82) is 0 Å². The molecule has 0 bridgehead atoms. The predicted molar refractivity (Wildman–Crippen MR) is 139 cm³/mol. The van der Waals surface area contributed by atoms with Gasteiger partial charge in [-0.15, -0.1) is 0 Å². The first-order valence-electron chi connectivity index (χ1n) is 11.9. The van der Waals surface area contributed by atoms with E-state index in [1.807, 2.05) is 62.4 Å². The van der Waals surface area contributed by atoms with E-state index in [1.165, 1.54) is 0 Å². The predicted octanol–water partition coefficient (Wildman–Crippen LogP) is 5.68. The zero-order valence-electron chi connectivity index (χ0n) is 20.2. The third-order valence-electron chi connectivity index (χ3n) is 6.23. The van der Waals surface area contributed by atoms with E-state index in [4.69, 9.17) is 4.42 Å². The molecule has 0 saturated heterocycles. The minimum Gasteiger partial charge on any atom is -0.455 e. The Bertz CT molecular complexity index is 1440. The molecule has 0 spiro atoms. The van der Waals surface area contributed by atoms with Gasteiger partial charge in [0.2, 0.25) is 0 Å². The molecule has 2 N–H and O–H groups in total. The molecule has 5 rings (SSSR count). The molecule has 7 nitrogen and oxygen atoms in total. The highest BCUT2D eigenvalue weighted by Crippen LogP contribution is 2.30. The number of furan rings is 1. The molecule has 0 unspecified atom stereocenters. The Hall–Kier alpha value is -4.52. The van der Waals surface area contributed by atoms with Crippen molar-refractivity contribution >= 4 is 23.3 Å². The molecule has 0 fully saturated rings. The topological polar surface area (TPSA) is 96.6 Å². The number of benzene rings is 2. The second-order valence-electron chi connectivity index (χ2n) is 8.83. The molecule has 7 heteroatoms. The van der Waals surface area contributed by atoms with E-state index in [2.05, 4.69) is 20.8 Å². The molecule has 1 aliphatic carbocycles. The van der Waals surface area contributed by atoms with Gasteiger partial charge >= 0.3 is 0 Å². The van der Waals surface area contributed by atoms with Crippen LogP contribution in [0, 0.1) is 13.8 Å². The van der Waals surface area contributed by atoms with Crippen LogP contribution in [0.5, 0.6) is 0 Å². The van der Waals surface area contributed by atoms with E-state index < -0.39 is 0 Å². The summed E-state index contributed by atoms with van der Waals surface area (Å²) in [6.45, 7) is 3.77. The molecule has 2 amide bonds. The highest BCUT2D eigenvalue weighted by molar-refractivity contribution is 6.09. The number of nitrogens with zero attached hydrogens (tertiary/aromatic N) is 2. The molecule has 0 radical (unpaired) electrons. The van der Waals surface area contributed by atoms with Gasteiger partial charge in [0, 0.05) is 29.3 Å². The van der Waals surface area contributed by atoms with Crippen LogP contribution in [0.2, 0.25) is 0 Å². The molecule has 0 atom stereocenters. The van der Waals surface area contributed by atoms with Crippen LogP contribution in [0.15, 0.2) is 82.4 Å².